The number of carbonyl (C=O) groups excluding carboxylic acids is 1. The van der Waals surface area contributed by atoms with E-state index in [0.29, 0.717) is 18.5 Å². The third kappa shape index (κ3) is 4.67. The molecule has 2 fully saturated rings. The minimum absolute atomic E-state index is 0.0195. The highest BCUT2D eigenvalue weighted by molar-refractivity contribution is 5.90. The molecule has 6 heteroatoms. The summed E-state index contributed by atoms with van der Waals surface area (Å²) in [4.78, 5) is 17.8. The third-order valence-corrected chi connectivity index (χ3v) is 7.07. The zero-order chi connectivity index (χ0) is 23.8. The van der Waals surface area contributed by atoms with Gasteiger partial charge in [0, 0.05) is 55.9 Å². The van der Waals surface area contributed by atoms with Crippen molar-refractivity contribution < 1.29 is 4.79 Å². The van der Waals surface area contributed by atoms with E-state index in [2.05, 4.69) is 48.2 Å². The van der Waals surface area contributed by atoms with Crippen LogP contribution in [0.25, 0.3) is 11.1 Å². The SMILES string of the molecule is Cc1cc(N2CCC2)c(C(C)C)cc1CN(C(=O)Nc1ccc(-c2cnn(C)c2)cc1)C1CC1. The molecule has 0 spiro atoms. The van der Waals surface area contributed by atoms with Gasteiger partial charge in [-0.2, -0.15) is 5.10 Å². The van der Waals surface area contributed by atoms with Crippen LogP contribution in [0.4, 0.5) is 16.2 Å². The summed E-state index contributed by atoms with van der Waals surface area (Å²) in [6.45, 7) is 9.65. The van der Waals surface area contributed by atoms with Gasteiger partial charge < -0.3 is 15.1 Å². The molecule has 178 valence electrons. The van der Waals surface area contributed by atoms with E-state index in [1.54, 1.807) is 4.68 Å². The lowest BCUT2D eigenvalue weighted by Gasteiger charge is -2.36. The van der Waals surface area contributed by atoms with E-state index in [-0.39, 0.29) is 6.03 Å². The summed E-state index contributed by atoms with van der Waals surface area (Å²) in [5.74, 6) is 0.455. The number of amides is 2. The van der Waals surface area contributed by atoms with E-state index in [0.717, 1.165) is 42.7 Å². The third-order valence-electron chi connectivity index (χ3n) is 7.07. The summed E-state index contributed by atoms with van der Waals surface area (Å²) >= 11 is 0. The first-order valence-corrected chi connectivity index (χ1v) is 12.4. The molecule has 5 rings (SSSR count). The van der Waals surface area contributed by atoms with Crippen LogP contribution in [0.5, 0.6) is 0 Å². The highest BCUT2D eigenvalue weighted by atomic mass is 16.2. The fraction of sp³-hybridized carbons (Fsp3) is 0.429. The minimum Gasteiger partial charge on any atom is -0.371 e. The van der Waals surface area contributed by atoms with Crippen LogP contribution in [-0.4, -0.2) is 39.8 Å². The van der Waals surface area contributed by atoms with E-state index in [1.165, 1.54) is 28.8 Å². The average Bonchev–Trinajstić information content (AvgIpc) is 3.51. The highest BCUT2D eigenvalue weighted by Crippen LogP contribution is 2.35. The molecule has 34 heavy (non-hydrogen) atoms. The number of carbonyl (C=O) groups is 1. The first-order valence-electron chi connectivity index (χ1n) is 12.4. The number of hydrogen-bond acceptors (Lipinski definition) is 3. The van der Waals surface area contributed by atoms with Gasteiger partial charge in [-0.1, -0.05) is 32.0 Å². The Morgan fingerprint density at radius 1 is 1.15 bits per heavy atom. The lowest BCUT2D eigenvalue weighted by Crippen LogP contribution is -2.38. The zero-order valence-electron chi connectivity index (χ0n) is 20.7. The molecular weight excluding hydrogens is 422 g/mol. The van der Waals surface area contributed by atoms with Crippen LogP contribution in [0, 0.1) is 6.92 Å². The van der Waals surface area contributed by atoms with Gasteiger partial charge in [0.1, 0.15) is 0 Å². The molecule has 1 saturated heterocycles. The molecule has 1 N–H and O–H groups in total. The van der Waals surface area contributed by atoms with E-state index in [4.69, 9.17) is 0 Å². The number of benzene rings is 2. The predicted molar refractivity (Wildman–Crippen MR) is 138 cm³/mol. The zero-order valence-corrected chi connectivity index (χ0v) is 20.7. The Labute approximate surface area is 202 Å². The Bertz CT molecular complexity index is 1170. The Hall–Kier alpha value is -3.28. The number of urea groups is 1. The van der Waals surface area contributed by atoms with Crippen LogP contribution in [-0.2, 0) is 13.6 Å². The molecule has 2 heterocycles. The summed E-state index contributed by atoms with van der Waals surface area (Å²) in [6, 6.07) is 13.0. The van der Waals surface area contributed by atoms with Crippen LogP contribution in [0.15, 0.2) is 48.8 Å². The minimum atomic E-state index is -0.0195. The van der Waals surface area contributed by atoms with E-state index >= 15 is 0 Å². The van der Waals surface area contributed by atoms with Gasteiger partial charge in [-0.15, -0.1) is 0 Å². The topological polar surface area (TPSA) is 53.4 Å². The molecule has 3 aromatic rings. The quantitative estimate of drug-likeness (QED) is 0.479. The molecule has 1 aliphatic heterocycles. The van der Waals surface area contributed by atoms with E-state index in [9.17, 15) is 4.79 Å². The largest absolute Gasteiger partial charge is 0.371 e. The number of aryl methyl sites for hydroxylation is 2. The fourth-order valence-electron chi connectivity index (χ4n) is 4.67. The van der Waals surface area contributed by atoms with Crippen molar-refractivity contribution in [3.05, 3.63) is 65.5 Å². The van der Waals surface area contributed by atoms with Crippen molar-refractivity contribution in [1.82, 2.24) is 14.7 Å². The molecule has 1 saturated carbocycles. The Morgan fingerprint density at radius 2 is 1.88 bits per heavy atom. The second-order valence-corrected chi connectivity index (χ2v) is 10.1. The molecule has 1 aliphatic carbocycles. The lowest BCUT2D eigenvalue weighted by atomic mass is 9.93. The first kappa shape index (κ1) is 22.5. The van der Waals surface area contributed by atoms with Gasteiger partial charge in [0.05, 0.1) is 6.20 Å². The van der Waals surface area contributed by atoms with Crippen LogP contribution in [0.2, 0.25) is 0 Å². The second-order valence-electron chi connectivity index (χ2n) is 10.1. The Kier molecular flexibility index (Phi) is 6.07. The number of nitrogens with one attached hydrogen (secondary N) is 1. The van der Waals surface area contributed by atoms with Crippen LogP contribution in [0.3, 0.4) is 0 Å². The molecule has 6 nitrogen and oxygen atoms in total. The molecular formula is C28H35N5O. The molecule has 0 unspecified atom stereocenters. The van der Waals surface area contributed by atoms with Gasteiger partial charge in [0.25, 0.3) is 0 Å². The normalized spacial score (nSPS) is 15.4. The average molecular weight is 458 g/mol. The summed E-state index contributed by atoms with van der Waals surface area (Å²) in [5, 5.41) is 7.37. The van der Waals surface area contributed by atoms with Crippen LogP contribution in [0.1, 0.15) is 55.7 Å². The number of nitrogens with zero attached hydrogens (tertiary/aromatic N) is 4. The van der Waals surface area contributed by atoms with E-state index in [1.807, 2.05) is 48.6 Å². The number of rotatable bonds is 7. The standard InChI is InChI=1S/C28H35N5O/c1-19(2)26-15-22(20(3)14-27(26)32-12-5-13-32)18-33(25-10-11-25)28(34)30-24-8-6-21(7-9-24)23-16-29-31(4)17-23/h6-9,14-17,19,25H,5,10-13,18H2,1-4H3,(H,30,34). The molecule has 2 aliphatic rings. The van der Waals surface area contributed by atoms with Crippen molar-refractivity contribution in [3.8, 4) is 11.1 Å². The maximum Gasteiger partial charge on any atom is 0.322 e. The number of hydrogen-bond donors (Lipinski definition) is 1. The van der Waals surface area contributed by atoms with E-state index < -0.39 is 0 Å². The Balaban J connectivity index is 1.32. The summed E-state index contributed by atoms with van der Waals surface area (Å²) < 4.78 is 1.79. The molecule has 0 bridgehead atoms. The molecule has 0 atom stereocenters. The van der Waals surface area contributed by atoms with Crippen molar-refractivity contribution >= 4 is 17.4 Å². The van der Waals surface area contributed by atoms with Crippen LogP contribution >= 0.6 is 0 Å². The van der Waals surface area contributed by atoms with Crippen molar-refractivity contribution in [1.29, 1.82) is 0 Å². The molecule has 2 amide bonds. The summed E-state index contributed by atoms with van der Waals surface area (Å²) in [7, 11) is 1.91. The smallest absolute Gasteiger partial charge is 0.322 e. The highest BCUT2D eigenvalue weighted by Gasteiger charge is 2.33. The monoisotopic (exact) mass is 457 g/mol. The number of anilines is 2. The molecule has 0 radical (unpaired) electrons. The van der Waals surface area contributed by atoms with Gasteiger partial charge in [-0.25, -0.2) is 4.79 Å². The molecule has 1 aromatic heterocycles. The van der Waals surface area contributed by atoms with Crippen molar-refractivity contribution in [2.45, 2.75) is 58.5 Å². The lowest BCUT2D eigenvalue weighted by molar-refractivity contribution is 0.206. The molecule has 2 aromatic carbocycles. The maximum absolute atomic E-state index is 13.3. The first-order chi connectivity index (χ1) is 16.4. The van der Waals surface area contributed by atoms with Crippen molar-refractivity contribution in [3.63, 3.8) is 0 Å². The van der Waals surface area contributed by atoms with Crippen molar-refractivity contribution in [2.24, 2.45) is 7.05 Å². The predicted octanol–water partition coefficient (Wildman–Crippen LogP) is 5.93. The van der Waals surface area contributed by atoms with Gasteiger partial charge in [0.15, 0.2) is 0 Å². The van der Waals surface area contributed by atoms with Gasteiger partial charge >= 0.3 is 6.03 Å². The summed E-state index contributed by atoms with van der Waals surface area (Å²) in [5.41, 5.74) is 8.26. The fourth-order valence-corrected chi connectivity index (χ4v) is 4.67. The Morgan fingerprint density at radius 3 is 2.44 bits per heavy atom. The van der Waals surface area contributed by atoms with Crippen LogP contribution < -0.4 is 10.2 Å². The number of aromatic nitrogens is 2. The second kappa shape index (κ2) is 9.16. The summed E-state index contributed by atoms with van der Waals surface area (Å²) in [6.07, 6.45) is 7.27. The van der Waals surface area contributed by atoms with Gasteiger partial charge in [0.2, 0.25) is 0 Å². The van der Waals surface area contributed by atoms with Gasteiger partial charge in [-0.05, 0) is 72.6 Å². The van der Waals surface area contributed by atoms with Crippen molar-refractivity contribution in [2.75, 3.05) is 23.3 Å². The maximum atomic E-state index is 13.3. The van der Waals surface area contributed by atoms with Gasteiger partial charge in [-0.3, -0.25) is 4.68 Å².